The molecule has 0 bridgehead atoms. The van der Waals surface area contributed by atoms with Crippen molar-refractivity contribution in [3.05, 3.63) is 0 Å². The van der Waals surface area contributed by atoms with Crippen molar-refractivity contribution in [1.82, 2.24) is 10.6 Å². The smallest absolute Gasteiger partial charge is 0.357 e. The third kappa shape index (κ3) is 7.01. The number of aliphatic imine (C=N–C) groups is 1. The second-order valence-corrected chi connectivity index (χ2v) is 6.21. The summed E-state index contributed by atoms with van der Waals surface area (Å²) in [5, 5.41) is 6.26. The molecule has 20 heavy (non-hydrogen) atoms. The first-order valence-electron chi connectivity index (χ1n) is 7.33. The Balaban J connectivity index is 2.44. The zero-order valence-corrected chi connectivity index (χ0v) is 12.6. The summed E-state index contributed by atoms with van der Waals surface area (Å²) in [6.07, 6.45) is -0.677. The Hall–Kier alpha value is -0.940. The summed E-state index contributed by atoms with van der Waals surface area (Å²) in [6.45, 7) is 6.84. The molecule has 1 aliphatic rings. The molecule has 0 heterocycles. The monoisotopic (exact) mass is 293 g/mol. The third-order valence-corrected chi connectivity index (χ3v) is 3.69. The van der Waals surface area contributed by atoms with E-state index in [4.69, 9.17) is 0 Å². The minimum Gasteiger partial charge on any atom is -0.357 e. The van der Waals surface area contributed by atoms with Gasteiger partial charge < -0.3 is 10.6 Å². The van der Waals surface area contributed by atoms with E-state index in [1.807, 2.05) is 6.92 Å². The molecule has 1 aliphatic carbocycles. The maximum atomic E-state index is 12.1. The molecule has 6 heteroatoms. The SMILES string of the molecule is CCNC(=NCCC(F)(F)F)NC1CCC(C)(C)CC1. The molecule has 0 aliphatic heterocycles. The van der Waals surface area contributed by atoms with E-state index in [-0.39, 0.29) is 6.54 Å². The van der Waals surface area contributed by atoms with Crippen LogP contribution < -0.4 is 10.6 Å². The van der Waals surface area contributed by atoms with Crippen LogP contribution in [0.1, 0.15) is 52.9 Å². The van der Waals surface area contributed by atoms with Gasteiger partial charge in [0.2, 0.25) is 0 Å². The lowest BCUT2D eigenvalue weighted by Crippen LogP contribution is -2.45. The molecular weight excluding hydrogens is 267 g/mol. The van der Waals surface area contributed by atoms with E-state index in [0.29, 0.717) is 24.0 Å². The van der Waals surface area contributed by atoms with Crippen molar-refractivity contribution in [2.24, 2.45) is 10.4 Å². The summed E-state index contributed by atoms with van der Waals surface area (Å²) in [5.74, 6) is 0.501. The van der Waals surface area contributed by atoms with Crippen molar-refractivity contribution in [3.63, 3.8) is 0 Å². The molecule has 0 aromatic carbocycles. The first kappa shape index (κ1) is 17.1. The summed E-state index contributed by atoms with van der Waals surface area (Å²) in [6, 6.07) is 0.312. The van der Waals surface area contributed by atoms with Gasteiger partial charge in [-0.05, 0) is 38.0 Å². The van der Waals surface area contributed by atoms with Crippen LogP contribution in [0, 0.1) is 5.41 Å². The molecule has 0 aromatic rings. The van der Waals surface area contributed by atoms with E-state index in [9.17, 15) is 13.2 Å². The number of hydrogen-bond acceptors (Lipinski definition) is 1. The van der Waals surface area contributed by atoms with Crippen molar-refractivity contribution in [2.75, 3.05) is 13.1 Å². The maximum absolute atomic E-state index is 12.1. The van der Waals surface area contributed by atoms with Gasteiger partial charge in [-0.15, -0.1) is 0 Å². The van der Waals surface area contributed by atoms with Gasteiger partial charge in [0.25, 0.3) is 0 Å². The predicted octanol–water partition coefficient (Wildman–Crippen LogP) is 3.46. The molecule has 0 radical (unpaired) electrons. The molecule has 3 nitrogen and oxygen atoms in total. The number of guanidine groups is 1. The van der Waals surface area contributed by atoms with Crippen molar-refractivity contribution in [3.8, 4) is 0 Å². The molecule has 0 atom stereocenters. The van der Waals surface area contributed by atoms with Crippen molar-refractivity contribution >= 4 is 5.96 Å². The molecule has 2 N–H and O–H groups in total. The van der Waals surface area contributed by atoms with E-state index in [1.54, 1.807) is 0 Å². The fourth-order valence-electron chi connectivity index (χ4n) is 2.35. The van der Waals surface area contributed by atoms with E-state index in [1.165, 1.54) is 0 Å². The van der Waals surface area contributed by atoms with Crippen LogP contribution in [0.15, 0.2) is 4.99 Å². The largest absolute Gasteiger partial charge is 0.390 e. The summed E-state index contributed by atoms with van der Waals surface area (Å²) in [7, 11) is 0. The average molecular weight is 293 g/mol. The van der Waals surface area contributed by atoms with Gasteiger partial charge in [0.05, 0.1) is 13.0 Å². The van der Waals surface area contributed by atoms with Crippen LogP contribution >= 0.6 is 0 Å². The standard InChI is InChI=1S/C14H26F3N3/c1-4-18-12(19-10-9-14(15,16)17)20-11-5-7-13(2,3)8-6-11/h11H,4-10H2,1-3H3,(H2,18,19,20). The molecule has 0 amide bonds. The molecule has 1 fully saturated rings. The van der Waals surface area contributed by atoms with E-state index in [2.05, 4.69) is 29.5 Å². The second kappa shape index (κ2) is 7.18. The Bertz CT molecular complexity index is 314. The van der Waals surface area contributed by atoms with Crippen LogP contribution in [-0.2, 0) is 0 Å². The number of nitrogens with zero attached hydrogens (tertiary/aromatic N) is 1. The topological polar surface area (TPSA) is 36.4 Å². The lowest BCUT2D eigenvalue weighted by atomic mass is 9.75. The highest BCUT2D eigenvalue weighted by molar-refractivity contribution is 5.80. The molecule has 0 spiro atoms. The minimum absolute atomic E-state index is 0.225. The van der Waals surface area contributed by atoms with Crippen molar-refractivity contribution < 1.29 is 13.2 Å². The van der Waals surface area contributed by atoms with Gasteiger partial charge in [-0.3, -0.25) is 4.99 Å². The van der Waals surface area contributed by atoms with Gasteiger partial charge in [0, 0.05) is 12.6 Å². The number of rotatable bonds is 4. The van der Waals surface area contributed by atoms with E-state index < -0.39 is 12.6 Å². The fourth-order valence-corrected chi connectivity index (χ4v) is 2.35. The number of hydrogen-bond donors (Lipinski definition) is 2. The maximum Gasteiger partial charge on any atom is 0.390 e. The highest BCUT2D eigenvalue weighted by Crippen LogP contribution is 2.34. The average Bonchev–Trinajstić information content (AvgIpc) is 2.30. The number of alkyl halides is 3. The van der Waals surface area contributed by atoms with E-state index >= 15 is 0 Å². The molecule has 0 saturated heterocycles. The van der Waals surface area contributed by atoms with Gasteiger partial charge in [0.1, 0.15) is 0 Å². The summed E-state index contributed by atoms with van der Waals surface area (Å²) >= 11 is 0. The van der Waals surface area contributed by atoms with Crippen LogP contribution in [0.3, 0.4) is 0 Å². The Labute approximate surface area is 119 Å². The molecular formula is C14H26F3N3. The highest BCUT2D eigenvalue weighted by Gasteiger charge is 2.28. The molecule has 1 rings (SSSR count). The van der Waals surface area contributed by atoms with Crippen molar-refractivity contribution in [2.45, 2.75) is 65.1 Å². The Morgan fingerprint density at radius 1 is 1.25 bits per heavy atom. The van der Waals surface area contributed by atoms with Crippen LogP contribution in [0.25, 0.3) is 0 Å². The minimum atomic E-state index is -4.14. The Morgan fingerprint density at radius 3 is 2.35 bits per heavy atom. The normalized spacial score (nSPS) is 20.8. The first-order valence-corrected chi connectivity index (χ1v) is 7.33. The summed E-state index contributed by atoms with van der Waals surface area (Å²) in [5.41, 5.74) is 0.379. The van der Waals surface area contributed by atoms with Gasteiger partial charge in [0.15, 0.2) is 5.96 Å². The Morgan fingerprint density at radius 2 is 1.85 bits per heavy atom. The lowest BCUT2D eigenvalue weighted by molar-refractivity contribution is -0.132. The number of nitrogens with one attached hydrogen (secondary N) is 2. The zero-order valence-electron chi connectivity index (χ0n) is 12.6. The number of halogens is 3. The van der Waals surface area contributed by atoms with Gasteiger partial charge in [-0.2, -0.15) is 13.2 Å². The summed E-state index contributed by atoms with van der Waals surface area (Å²) < 4.78 is 36.4. The zero-order chi connectivity index (χ0) is 15.2. The highest BCUT2D eigenvalue weighted by atomic mass is 19.4. The van der Waals surface area contributed by atoms with Crippen molar-refractivity contribution in [1.29, 1.82) is 0 Å². The lowest BCUT2D eigenvalue weighted by Gasteiger charge is -2.35. The molecule has 0 aromatic heterocycles. The van der Waals surface area contributed by atoms with Crippen LogP contribution in [0.4, 0.5) is 13.2 Å². The van der Waals surface area contributed by atoms with Crippen LogP contribution in [0.5, 0.6) is 0 Å². The first-order chi connectivity index (χ1) is 9.22. The second-order valence-electron chi connectivity index (χ2n) is 6.21. The summed E-state index contributed by atoms with van der Waals surface area (Å²) in [4.78, 5) is 4.00. The van der Waals surface area contributed by atoms with Crippen LogP contribution in [-0.4, -0.2) is 31.3 Å². The molecule has 1 saturated carbocycles. The third-order valence-electron chi connectivity index (χ3n) is 3.69. The van der Waals surface area contributed by atoms with Gasteiger partial charge in [-0.1, -0.05) is 13.8 Å². The predicted molar refractivity (Wildman–Crippen MR) is 75.8 cm³/mol. The van der Waals surface area contributed by atoms with Crippen LogP contribution in [0.2, 0.25) is 0 Å². The quantitative estimate of drug-likeness (QED) is 0.615. The van der Waals surface area contributed by atoms with Gasteiger partial charge >= 0.3 is 6.18 Å². The molecule has 118 valence electrons. The van der Waals surface area contributed by atoms with Gasteiger partial charge in [-0.25, -0.2) is 0 Å². The van der Waals surface area contributed by atoms with E-state index in [0.717, 1.165) is 25.7 Å². The Kier molecular flexibility index (Phi) is 6.14. The fraction of sp³-hybridized carbons (Fsp3) is 0.929. The molecule has 0 unspecified atom stereocenters.